The van der Waals surface area contributed by atoms with E-state index in [0.717, 1.165) is 25.7 Å². The number of rotatable bonds is 5. The number of hydrogen-bond acceptors (Lipinski definition) is 3. The molecule has 0 radical (unpaired) electrons. The predicted molar refractivity (Wildman–Crippen MR) is 113 cm³/mol. The summed E-state index contributed by atoms with van der Waals surface area (Å²) in [5, 5.41) is 2.97. The molecule has 4 rings (SSSR count). The van der Waals surface area contributed by atoms with Gasteiger partial charge in [0, 0.05) is 31.4 Å². The molecule has 0 unspecified atom stereocenters. The molecule has 0 saturated heterocycles. The number of benzene rings is 1. The molecule has 5 heteroatoms. The van der Waals surface area contributed by atoms with E-state index in [1.165, 1.54) is 29.5 Å². The first kappa shape index (κ1) is 19.4. The Morgan fingerprint density at radius 2 is 1.93 bits per heavy atom. The fraction of sp³-hybridized carbons (Fsp3) is 0.375. The smallest absolute Gasteiger partial charge is 0.272 e. The molecule has 2 amide bonds. The molecule has 0 fully saturated rings. The molecule has 1 aliphatic heterocycles. The highest BCUT2D eigenvalue weighted by Crippen LogP contribution is 2.21. The summed E-state index contributed by atoms with van der Waals surface area (Å²) in [7, 11) is 0. The summed E-state index contributed by atoms with van der Waals surface area (Å²) < 4.78 is 0. The zero-order chi connectivity index (χ0) is 20.1. The van der Waals surface area contributed by atoms with Gasteiger partial charge in [0.05, 0.1) is 0 Å². The number of hydrogen-bond donors (Lipinski definition) is 1. The standard InChI is InChI=1S/C24H27N3O2/c28-23(26-13-10-18-6-2-1-3-7-18)20-11-14-25-22(16-20)24(29)27-15-12-19-8-4-5-9-21(19)17-27/h4-6,8-9,11,14,16H,1-3,7,10,12-13,15,17H2,(H,26,28). The van der Waals surface area contributed by atoms with Gasteiger partial charge in [-0.3, -0.25) is 14.6 Å². The van der Waals surface area contributed by atoms with E-state index in [1.54, 1.807) is 18.3 Å². The average Bonchev–Trinajstić information content (AvgIpc) is 2.79. The minimum atomic E-state index is -0.151. The van der Waals surface area contributed by atoms with Crippen LogP contribution in [0, 0.1) is 0 Å². The summed E-state index contributed by atoms with van der Waals surface area (Å²) in [4.78, 5) is 31.5. The van der Waals surface area contributed by atoms with Crippen LogP contribution in [0.25, 0.3) is 0 Å². The molecule has 1 aromatic heterocycles. The lowest BCUT2D eigenvalue weighted by molar-refractivity contribution is 0.0728. The quantitative estimate of drug-likeness (QED) is 0.789. The van der Waals surface area contributed by atoms with E-state index in [9.17, 15) is 9.59 Å². The number of pyridine rings is 1. The first-order valence-electron chi connectivity index (χ1n) is 10.5. The summed E-state index contributed by atoms with van der Waals surface area (Å²) in [6.45, 7) is 1.88. The van der Waals surface area contributed by atoms with Gasteiger partial charge in [-0.1, -0.05) is 35.9 Å². The van der Waals surface area contributed by atoms with E-state index in [0.29, 0.717) is 30.9 Å². The lowest BCUT2D eigenvalue weighted by atomic mass is 9.97. The van der Waals surface area contributed by atoms with E-state index in [-0.39, 0.29) is 11.8 Å². The molecule has 2 aromatic rings. The number of aromatic nitrogens is 1. The Balaban J connectivity index is 1.37. The first-order valence-corrected chi connectivity index (χ1v) is 10.5. The third-order valence-electron chi connectivity index (χ3n) is 5.78. The number of allylic oxidation sites excluding steroid dienone is 1. The van der Waals surface area contributed by atoms with Gasteiger partial charge in [-0.25, -0.2) is 0 Å². The number of carbonyl (C=O) groups excluding carboxylic acids is 2. The molecule has 2 heterocycles. The first-order chi connectivity index (χ1) is 14.2. The third-order valence-corrected chi connectivity index (χ3v) is 5.78. The lowest BCUT2D eigenvalue weighted by Crippen LogP contribution is -2.36. The number of carbonyl (C=O) groups is 2. The van der Waals surface area contributed by atoms with Gasteiger partial charge in [0.2, 0.25) is 0 Å². The van der Waals surface area contributed by atoms with Gasteiger partial charge in [0.25, 0.3) is 11.8 Å². The highest BCUT2D eigenvalue weighted by molar-refractivity contribution is 5.98. The Kier molecular flexibility index (Phi) is 6.03. The van der Waals surface area contributed by atoms with Crippen molar-refractivity contribution in [3.8, 4) is 0 Å². The molecule has 1 N–H and O–H groups in total. The molecule has 0 spiro atoms. The van der Waals surface area contributed by atoms with Crippen LogP contribution in [0.1, 0.15) is 64.1 Å². The Hall–Kier alpha value is -2.95. The van der Waals surface area contributed by atoms with Crippen molar-refractivity contribution in [2.24, 2.45) is 0 Å². The Morgan fingerprint density at radius 1 is 1.07 bits per heavy atom. The minimum Gasteiger partial charge on any atom is -0.352 e. The van der Waals surface area contributed by atoms with Gasteiger partial charge in [0.15, 0.2) is 0 Å². The maximum atomic E-state index is 12.9. The predicted octanol–water partition coefficient (Wildman–Crippen LogP) is 3.90. The summed E-state index contributed by atoms with van der Waals surface area (Å²) in [6, 6.07) is 11.5. The molecule has 1 aliphatic carbocycles. The summed E-state index contributed by atoms with van der Waals surface area (Å²) in [5.74, 6) is -0.275. The Labute approximate surface area is 171 Å². The molecular weight excluding hydrogens is 362 g/mol. The highest BCUT2D eigenvalue weighted by atomic mass is 16.2. The molecule has 2 aliphatic rings. The summed E-state index contributed by atoms with van der Waals surface area (Å²) in [6.07, 6.45) is 10.4. The Bertz CT molecular complexity index is 935. The SMILES string of the molecule is O=C(NCCC1=CCCCC1)c1ccnc(C(=O)N2CCc3ccccc3C2)c1. The zero-order valence-corrected chi connectivity index (χ0v) is 16.7. The molecule has 0 saturated carbocycles. The van der Waals surface area contributed by atoms with Crippen molar-refractivity contribution in [1.82, 2.24) is 15.2 Å². The summed E-state index contributed by atoms with van der Waals surface area (Å²) >= 11 is 0. The van der Waals surface area contributed by atoms with E-state index >= 15 is 0 Å². The van der Waals surface area contributed by atoms with Gasteiger partial charge in [0.1, 0.15) is 5.69 Å². The number of nitrogens with one attached hydrogen (secondary N) is 1. The van der Waals surface area contributed by atoms with E-state index in [2.05, 4.69) is 28.5 Å². The van der Waals surface area contributed by atoms with Crippen molar-refractivity contribution in [3.63, 3.8) is 0 Å². The van der Waals surface area contributed by atoms with Crippen LogP contribution in [0.4, 0.5) is 0 Å². The molecule has 0 bridgehead atoms. The van der Waals surface area contributed by atoms with Gasteiger partial charge < -0.3 is 10.2 Å². The normalized spacial score (nSPS) is 16.0. The average molecular weight is 389 g/mol. The second-order valence-corrected chi connectivity index (χ2v) is 7.79. The number of amides is 2. The van der Waals surface area contributed by atoms with Crippen LogP contribution >= 0.6 is 0 Å². The Morgan fingerprint density at radius 3 is 2.76 bits per heavy atom. The second-order valence-electron chi connectivity index (χ2n) is 7.79. The van der Waals surface area contributed by atoms with Crippen molar-refractivity contribution < 1.29 is 9.59 Å². The zero-order valence-electron chi connectivity index (χ0n) is 16.7. The number of fused-ring (bicyclic) bond motifs is 1. The van der Waals surface area contributed by atoms with Gasteiger partial charge in [-0.2, -0.15) is 0 Å². The molecule has 29 heavy (non-hydrogen) atoms. The lowest BCUT2D eigenvalue weighted by Gasteiger charge is -2.28. The van der Waals surface area contributed by atoms with Gasteiger partial charge in [-0.15, -0.1) is 0 Å². The van der Waals surface area contributed by atoms with Crippen LogP contribution in [0.5, 0.6) is 0 Å². The molecule has 0 atom stereocenters. The van der Waals surface area contributed by atoms with E-state index < -0.39 is 0 Å². The van der Waals surface area contributed by atoms with E-state index in [1.807, 2.05) is 17.0 Å². The van der Waals surface area contributed by atoms with Crippen LogP contribution in [0.15, 0.2) is 54.2 Å². The molecule has 1 aromatic carbocycles. The maximum absolute atomic E-state index is 12.9. The fourth-order valence-electron chi connectivity index (χ4n) is 4.09. The largest absolute Gasteiger partial charge is 0.352 e. The van der Waals surface area contributed by atoms with E-state index in [4.69, 9.17) is 0 Å². The van der Waals surface area contributed by atoms with Crippen LogP contribution in [0.3, 0.4) is 0 Å². The minimum absolute atomic E-state index is 0.124. The van der Waals surface area contributed by atoms with Crippen LogP contribution in [-0.2, 0) is 13.0 Å². The van der Waals surface area contributed by atoms with Gasteiger partial charge in [-0.05, 0) is 61.8 Å². The van der Waals surface area contributed by atoms with Crippen molar-refractivity contribution in [3.05, 3.63) is 76.6 Å². The van der Waals surface area contributed by atoms with Crippen LogP contribution in [0.2, 0.25) is 0 Å². The topological polar surface area (TPSA) is 62.3 Å². The second kappa shape index (κ2) is 9.03. The monoisotopic (exact) mass is 389 g/mol. The summed E-state index contributed by atoms with van der Waals surface area (Å²) in [5.41, 5.74) is 4.72. The fourth-order valence-corrected chi connectivity index (χ4v) is 4.09. The van der Waals surface area contributed by atoms with Crippen molar-refractivity contribution in [1.29, 1.82) is 0 Å². The van der Waals surface area contributed by atoms with Crippen molar-refractivity contribution >= 4 is 11.8 Å². The highest BCUT2D eigenvalue weighted by Gasteiger charge is 2.23. The number of nitrogens with zero attached hydrogens (tertiary/aromatic N) is 2. The van der Waals surface area contributed by atoms with Crippen LogP contribution in [-0.4, -0.2) is 34.8 Å². The van der Waals surface area contributed by atoms with Crippen molar-refractivity contribution in [2.75, 3.05) is 13.1 Å². The molecule has 5 nitrogen and oxygen atoms in total. The van der Waals surface area contributed by atoms with Crippen molar-refractivity contribution in [2.45, 2.75) is 45.1 Å². The maximum Gasteiger partial charge on any atom is 0.272 e. The van der Waals surface area contributed by atoms with Crippen LogP contribution < -0.4 is 5.32 Å². The van der Waals surface area contributed by atoms with Gasteiger partial charge >= 0.3 is 0 Å². The molecular formula is C24H27N3O2. The third kappa shape index (κ3) is 4.73. The molecule has 150 valence electrons.